The van der Waals surface area contributed by atoms with Crippen molar-refractivity contribution < 1.29 is 78.9 Å². The summed E-state index contributed by atoms with van der Waals surface area (Å²) in [7, 11) is -21.3. The summed E-state index contributed by atoms with van der Waals surface area (Å²) in [6.45, 7) is 7.99. The molecule has 0 amide bonds. The van der Waals surface area contributed by atoms with Crippen LogP contribution < -0.4 is 20.3 Å². The third kappa shape index (κ3) is 22.7. The van der Waals surface area contributed by atoms with Gasteiger partial charge in [0.15, 0.2) is 32.0 Å². The van der Waals surface area contributed by atoms with Gasteiger partial charge in [-0.1, -0.05) is 161 Å². The summed E-state index contributed by atoms with van der Waals surface area (Å²) in [5.41, 5.74) is 6.58. The molecule has 0 aliphatic heterocycles. The van der Waals surface area contributed by atoms with Crippen LogP contribution in [-0.2, 0) is 31.6 Å². The second-order valence-electron chi connectivity index (χ2n) is 20.2. The SMILES string of the molecule is CC(C)c1ccc2c(c1)c(=O)c1ccccc1[s+]2C.CC(C)c1ccc2c(c1)c(=O)c1ccccc1[s+]2C.F[P-](F)(F)(F)(F)F.F[P-](F)(F)(F)(F)F.O=C(COc1ccccc1-c1ccccc1)OCCOC(=O)COc1ccccc1-c1ccccc1. The molecule has 2 heterocycles. The maximum atomic E-state index is 12.6. The Balaban J connectivity index is 0.000000200. The van der Waals surface area contributed by atoms with Crippen LogP contribution in [0.1, 0.15) is 50.7 Å². The second-order valence-corrected chi connectivity index (χ2v) is 27.8. The first-order valence-electron chi connectivity index (χ1n) is 26.6. The first-order valence-corrected chi connectivity index (χ1v) is 34.0. The maximum Gasteiger partial charge on any atom is 0.344 e. The first-order chi connectivity index (χ1) is 40.8. The van der Waals surface area contributed by atoms with Crippen LogP contribution in [0.25, 0.3) is 62.6 Å². The number of halogens is 12. The van der Waals surface area contributed by atoms with Crippen molar-refractivity contribution in [2.75, 3.05) is 26.4 Å². The summed E-state index contributed by atoms with van der Waals surface area (Å²) in [4.78, 5) is 49.4. The monoisotopic (exact) mass is 1310 g/mol. The van der Waals surface area contributed by atoms with E-state index >= 15 is 0 Å². The molecule has 0 fully saturated rings. The number of hydrogen-bond acceptors (Lipinski definition) is 8. The van der Waals surface area contributed by atoms with Crippen LogP contribution in [0.3, 0.4) is 0 Å². The third-order valence-electron chi connectivity index (χ3n) is 12.7. The molecular formula is C64H60F12O8P2S2. The number of carbonyl (C=O) groups excluding carboxylic acids is 2. The predicted octanol–water partition coefficient (Wildman–Crippen LogP) is 21.9. The van der Waals surface area contributed by atoms with Crippen LogP contribution in [0.15, 0.2) is 204 Å². The number of fused-ring (bicyclic) bond motifs is 4. The largest absolute Gasteiger partial charge is 0.481 e. The number of carbonyl (C=O) groups is 2. The molecule has 10 rings (SSSR count). The Morgan fingerprint density at radius 2 is 0.670 bits per heavy atom. The van der Waals surface area contributed by atoms with E-state index in [2.05, 4.69) is 88.7 Å². The normalized spacial score (nSPS) is 13.3. The topological polar surface area (TPSA) is 105 Å². The van der Waals surface area contributed by atoms with Gasteiger partial charge >= 0.3 is 77.9 Å². The van der Waals surface area contributed by atoms with Gasteiger partial charge in [-0.05, 0) is 116 Å². The molecule has 0 N–H and O–H groups in total. The van der Waals surface area contributed by atoms with Crippen molar-refractivity contribution in [3.05, 3.63) is 226 Å². The van der Waals surface area contributed by atoms with Gasteiger partial charge in [-0.3, -0.25) is 9.59 Å². The number of benzene rings is 8. The van der Waals surface area contributed by atoms with Crippen molar-refractivity contribution in [1.29, 1.82) is 0 Å². The van der Waals surface area contributed by atoms with Gasteiger partial charge in [0.05, 0.1) is 21.5 Å². The quantitative estimate of drug-likeness (QED) is 0.0281. The molecule has 0 saturated carbocycles. The molecule has 0 aliphatic carbocycles. The molecule has 8 nitrogen and oxygen atoms in total. The van der Waals surface area contributed by atoms with E-state index in [0.29, 0.717) is 23.3 Å². The zero-order valence-corrected chi connectivity index (χ0v) is 51.4. The van der Waals surface area contributed by atoms with E-state index in [-0.39, 0.29) is 58.2 Å². The van der Waals surface area contributed by atoms with Crippen molar-refractivity contribution >= 4 is 88.8 Å². The summed E-state index contributed by atoms with van der Waals surface area (Å²) in [5, 5.41) is 3.55. The van der Waals surface area contributed by atoms with Crippen molar-refractivity contribution in [1.82, 2.24) is 0 Å². The fourth-order valence-corrected chi connectivity index (χ4v) is 12.2. The van der Waals surface area contributed by atoms with E-state index in [1.807, 2.05) is 133 Å². The van der Waals surface area contributed by atoms with Gasteiger partial charge in [0.1, 0.15) is 37.2 Å². The van der Waals surface area contributed by atoms with E-state index in [0.717, 1.165) is 43.8 Å². The van der Waals surface area contributed by atoms with Gasteiger partial charge in [0, 0.05) is 11.1 Å². The number of ether oxygens (including phenoxy) is 4. The van der Waals surface area contributed by atoms with Crippen LogP contribution in [0.4, 0.5) is 50.4 Å². The first kappa shape index (κ1) is 69.2. The Kier molecular flexibility index (Phi) is 21.1. The molecule has 0 radical (unpaired) electrons. The number of aryl methyl sites for hydroxylation is 2. The minimum Gasteiger partial charge on any atom is -0.481 e. The molecule has 0 spiro atoms. The Labute approximate surface area is 503 Å². The zero-order valence-electron chi connectivity index (χ0n) is 48.0. The fourth-order valence-electron chi connectivity index (χ4n) is 8.64. The Hall–Kier alpha value is -7.90. The molecular weight excluding hydrogens is 1250 g/mol. The standard InChI is InChI=1S/C30H26O6.2C17H17OS.2F6P/c31-29(21-35-27-17-9-7-15-25(27)23-11-3-1-4-12-23)33-19-20-34-30(32)22-36-28-18-10-8-16-26(28)24-13-5-2-6-14-24;2*1-11(2)12-8-9-16-14(10-12)17(18)13-6-4-5-7-15(13)19(16)3;2*1-7(2,3,4,5)6/h1-18H,19-22H2;2*4-11H,1-3H3;;/q;2*+1;2*-1. The van der Waals surface area contributed by atoms with E-state index in [1.54, 1.807) is 12.1 Å². The average Bonchev–Trinajstić information content (AvgIpc) is 1.16. The van der Waals surface area contributed by atoms with Gasteiger partial charge in [0.2, 0.25) is 10.9 Å². The summed E-state index contributed by atoms with van der Waals surface area (Å²) in [6, 6.07) is 63.2. The summed E-state index contributed by atoms with van der Waals surface area (Å²) in [5.74, 6) is 0.965. The maximum absolute atomic E-state index is 12.6. The summed E-state index contributed by atoms with van der Waals surface area (Å²) >= 11 is 0. The van der Waals surface area contributed by atoms with Gasteiger partial charge in [0.25, 0.3) is 0 Å². The molecule has 24 heteroatoms. The van der Waals surface area contributed by atoms with E-state index < -0.39 is 27.6 Å². The molecule has 2 aromatic heterocycles. The van der Waals surface area contributed by atoms with Crippen LogP contribution >= 0.6 is 36.6 Å². The zero-order chi connectivity index (χ0) is 65.0. The van der Waals surface area contributed by atoms with E-state index in [9.17, 15) is 69.5 Å². The summed E-state index contributed by atoms with van der Waals surface area (Å²) < 4.78 is 145. The van der Waals surface area contributed by atoms with Crippen LogP contribution in [0, 0.1) is 0 Å². The number of esters is 2. The Morgan fingerprint density at radius 3 is 1.00 bits per heavy atom. The van der Waals surface area contributed by atoms with Gasteiger partial charge in [-0.2, -0.15) is 0 Å². The minimum atomic E-state index is -10.7. The molecule has 2 unspecified atom stereocenters. The Morgan fingerprint density at radius 1 is 0.386 bits per heavy atom. The van der Waals surface area contributed by atoms with Crippen LogP contribution in [0.2, 0.25) is 0 Å². The fraction of sp³-hybridized carbons (Fsp3) is 0.188. The Bertz CT molecular complexity index is 3930. The van der Waals surface area contributed by atoms with Crippen molar-refractivity contribution in [3.63, 3.8) is 0 Å². The minimum absolute atomic E-state index is 0.00310. The molecule has 0 saturated heterocycles. The molecule has 0 bridgehead atoms. The molecule has 10 aromatic rings. The van der Waals surface area contributed by atoms with E-state index in [4.69, 9.17) is 18.9 Å². The van der Waals surface area contributed by atoms with Crippen molar-refractivity contribution in [2.24, 2.45) is 12.5 Å². The number of rotatable bonds is 13. The van der Waals surface area contributed by atoms with Crippen LogP contribution in [-0.4, -0.2) is 38.4 Å². The van der Waals surface area contributed by atoms with E-state index in [1.165, 1.54) is 29.9 Å². The molecule has 2 atom stereocenters. The summed E-state index contributed by atoms with van der Waals surface area (Å²) in [6.07, 6.45) is 4.41. The second kappa shape index (κ2) is 26.8. The molecule has 0 aliphatic rings. The third-order valence-corrected chi connectivity index (χ3v) is 16.7. The molecule has 88 heavy (non-hydrogen) atoms. The van der Waals surface area contributed by atoms with Gasteiger partial charge in [-0.25, -0.2) is 9.59 Å². The molecule has 470 valence electrons. The number of hydrogen-bond donors (Lipinski definition) is 0. The average molecular weight is 1310 g/mol. The number of para-hydroxylation sites is 2. The van der Waals surface area contributed by atoms with Crippen molar-refractivity contribution in [3.8, 4) is 33.8 Å². The predicted molar refractivity (Wildman–Crippen MR) is 334 cm³/mol. The van der Waals surface area contributed by atoms with Gasteiger partial charge in [-0.15, -0.1) is 0 Å². The van der Waals surface area contributed by atoms with Crippen LogP contribution in [0.5, 0.6) is 11.5 Å². The smallest absolute Gasteiger partial charge is 0.344 e. The van der Waals surface area contributed by atoms with Crippen molar-refractivity contribution in [2.45, 2.75) is 39.5 Å². The molecule has 8 aromatic carbocycles. The van der Waals surface area contributed by atoms with Gasteiger partial charge < -0.3 is 18.9 Å².